The summed E-state index contributed by atoms with van der Waals surface area (Å²) < 4.78 is 29.2. The highest BCUT2D eigenvalue weighted by Gasteiger charge is 2.26. The van der Waals surface area contributed by atoms with Crippen molar-refractivity contribution in [2.75, 3.05) is 5.32 Å². The average Bonchev–Trinajstić information content (AvgIpc) is 3.37. The van der Waals surface area contributed by atoms with E-state index >= 15 is 0 Å². The molecule has 2 aromatic heterocycles. The lowest BCUT2D eigenvalue weighted by Crippen LogP contribution is -2.35. The molecule has 2 aliphatic carbocycles. The maximum absolute atomic E-state index is 12.7. The highest BCUT2D eigenvalue weighted by atomic mass is 32.2. The van der Waals surface area contributed by atoms with Crippen molar-refractivity contribution >= 4 is 21.7 Å². The van der Waals surface area contributed by atoms with Gasteiger partial charge < -0.3 is 5.32 Å². The van der Waals surface area contributed by atoms with E-state index in [1.807, 2.05) is 18.2 Å². The molecule has 3 aromatic rings. The average molecular weight is 438 g/mol. The van der Waals surface area contributed by atoms with E-state index in [1.165, 1.54) is 11.6 Å². The summed E-state index contributed by atoms with van der Waals surface area (Å²) in [6.07, 6.45) is 10.9. The van der Waals surface area contributed by atoms with Gasteiger partial charge in [-0.2, -0.15) is 13.5 Å². The second-order valence-electron chi connectivity index (χ2n) is 7.99. The van der Waals surface area contributed by atoms with E-state index in [0.29, 0.717) is 5.69 Å². The molecular formula is C22H23N5O3S. The number of urea groups is 1. The van der Waals surface area contributed by atoms with Crippen LogP contribution < -0.4 is 10.0 Å². The summed E-state index contributed by atoms with van der Waals surface area (Å²) in [6.45, 7) is 0. The first-order chi connectivity index (χ1) is 15.0. The number of pyridine rings is 1. The molecule has 2 N–H and O–H groups in total. The van der Waals surface area contributed by atoms with Crippen LogP contribution >= 0.6 is 0 Å². The highest BCUT2D eigenvalue weighted by Crippen LogP contribution is 2.37. The molecule has 1 saturated carbocycles. The third kappa shape index (κ3) is 3.81. The van der Waals surface area contributed by atoms with Gasteiger partial charge in [0, 0.05) is 24.2 Å². The lowest BCUT2D eigenvalue weighted by molar-refractivity contribution is 0.256. The van der Waals surface area contributed by atoms with Crippen molar-refractivity contribution in [3.05, 3.63) is 60.0 Å². The number of anilines is 1. The third-order valence-corrected chi connectivity index (χ3v) is 7.27. The minimum atomic E-state index is -4.07. The lowest BCUT2D eigenvalue weighted by Gasteiger charge is -2.25. The summed E-state index contributed by atoms with van der Waals surface area (Å²) in [5.41, 5.74) is 4.62. The fraction of sp³-hybridized carbons (Fsp3) is 0.318. The minimum absolute atomic E-state index is 0.151. The van der Waals surface area contributed by atoms with Crippen molar-refractivity contribution in [2.45, 2.75) is 49.6 Å². The zero-order valence-electron chi connectivity index (χ0n) is 16.9. The number of hydrogen-bond acceptors (Lipinski definition) is 5. The number of fused-ring (bicyclic) bond motifs is 1. The van der Waals surface area contributed by atoms with Crippen LogP contribution in [0.1, 0.15) is 42.9 Å². The summed E-state index contributed by atoms with van der Waals surface area (Å²) in [5, 5.41) is 6.82. The Morgan fingerprint density at radius 2 is 1.84 bits per heavy atom. The van der Waals surface area contributed by atoms with E-state index in [-0.39, 0.29) is 11.1 Å². The van der Waals surface area contributed by atoms with E-state index in [9.17, 15) is 13.2 Å². The first kappa shape index (κ1) is 19.7. The zero-order valence-corrected chi connectivity index (χ0v) is 17.7. The lowest BCUT2D eigenvalue weighted by atomic mass is 9.93. The van der Waals surface area contributed by atoms with E-state index < -0.39 is 16.1 Å². The number of amides is 2. The topological polar surface area (TPSA) is 106 Å². The molecule has 0 spiro atoms. The molecule has 160 valence electrons. The molecule has 1 fully saturated rings. The number of sulfonamides is 1. The fourth-order valence-electron chi connectivity index (χ4n) is 4.21. The number of aromatic nitrogens is 3. The van der Waals surface area contributed by atoms with Crippen LogP contribution in [0.3, 0.4) is 0 Å². The summed E-state index contributed by atoms with van der Waals surface area (Å²) in [7, 11) is -4.07. The third-order valence-electron chi connectivity index (χ3n) is 6.05. The number of nitrogens with one attached hydrogen (secondary N) is 2. The molecule has 0 saturated heterocycles. The van der Waals surface area contributed by atoms with Gasteiger partial charge in [0.25, 0.3) is 10.0 Å². The maximum Gasteiger partial charge on any atom is 0.333 e. The first-order valence-corrected chi connectivity index (χ1v) is 11.9. The predicted octanol–water partition coefficient (Wildman–Crippen LogP) is 3.67. The van der Waals surface area contributed by atoms with Crippen LogP contribution in [0.15, 0.2) is 53.9 Å². The molecule has 2 amide bonds. The minimum Gasteiger partial charge on any atom is -0.306 e. The van der Waals surface area contributed by atoms with Gasteiger partial charge in [-0.3, -0.25) is 9.67 Å². The molecule has 2 heterocycles. The highest BCUT2D eigenvalue weighted by molar-refractivity contribution is 7.90. The largest absolute Gasteiger partial charge is 0.333 e. The van der Waals surface area contributed by atoms with Crippen LogP contribution in [0.4, 0.5) is 10.5 Å². The zero-order chi connectivity index (χ0) is 21.4. The van der Waals surface area contributed by atoms with Crippen molar-refractivity contribution < 1.29 is 13.2 Å². The molecular weight excluding hydrogens is 414 g/mol. The number of carbonyl (C=O) groups is 1. The summed E-state index contributed by atoms with van der Waals surface area (Å²) >= 11 is 0. The summed E-state index contributed by atoms with van der Waals surface area (Å²) in [6, 6.07) is 8.64. The molecule has 5 rings (SSSR count). The maximum atomic E-state index is 12.7. The van der Waals surface area contributed by atoms with Gasteiger partial charge in [0.1, 0.15) is 0 Å². The smallest absolute Gasteiger partial charge is 0.306 e. The van der Waals surface area contributed by atoms with E-state index in [4.69, 9.17) is 0 Å². The van der Waals surface area contributed by atoms with Gasteiger partial charge in [-0.05, 0) is 73.4 Å². The number of hydrogen-bond donors (Lipinski definition) is 2. The van der Waals surface area contributed by atoms with E-state index in [2.05, 4.69) is 26.2 Å². The van der Waals surface area contributed by atoms with Gasteiger partial charge in [0.15, 0.2) is 5.03 Å². The van der Waals surface area contributed by atoms with Crippen molar-refractivity contribution in [1.82, 2.24) is 19.5 Å². The van der Waals surface area contributed by atoms with Gasteiger partial charge in [-0.15, -0.1) is 0 Å². The SMILES string of the molecule is O=C(Nc1c(-c2ccncc2)ccc2c1CCC2)NS(=O)(=O)c1ccn(C2CCC2)n1. The Kier molecular flexibility index (Phi) is 4.97. The summed E-state index contributed by atoms with van der Waals surface area (Å²) in [5.74, 6) is 0. The Morgan fingerprint density at radius 3 is 2.58 bits per heavy atom. The quantitative estimate of drug-likeness (QED) is 0.633. The van der Waals surface area contributed by atoms with Gasteiger partial charge in [-0.1, -0.05) is 12.1 Å². The number of benzene rings is 1. The van der Waals surface area contributed by atoms with E-state index in [1.54, 1.807) is 23.3 Å². The second-order valence-corrected chi connectivity index (χ2v) is 9.62. The Balaban J connectivity index is 1.40. The van der Waals surface area contributed by atoms with Gasteiger partial charge in [-0.25, -0.2) is 9.52 Å². The summed E-state index contributed by atoms with van der Waals surface area (Å²) in [4.78, 5) is 16.8. The van der Waals surface area contributed by atoms with E-state index in [0.717, 1.165) is 55.2 Å². The monoisotopic (exact) mass is 437 g/mol. The fourth-order valence-corrected chi connectivity index (χ4v) is 5.05. The molecule has 0 aliphatic heterocycles. The number of carbonyl (C=O) groups excluding carboxylic acids is 1. The van der Waals surface area contributed by atoms with Crippen LogP contribution in [-0.2, 0) is 22.9 Å². The Labute approximate surface area is 180 Å². The standard InChI is InChI=1S/C22H23N5O3S/c28-22(26-31(29,30)20-11-14-27(25-20)17-4-2-5-17)24-21-18-6-1-3-15(18)7-8-19(21)16-9-12-23-13-10-16/h7-14,17H,1-6H2,(H2,24,26,28). The molecule has 0 bridgehead atoms. The molecule has 9 heteroatoms. The number of aryl methyl sites for hydroxylation is 1. The van der Waals surface area contributed by atoms with Gasteiger partial charge in [0.2, 0.25) is 0 Å². The molecule has 0 radical (unpaired) electrons. The second kappa shape index (κ2) is 7.81. The van der Waals surface area contributed by atoms with Crippen LogP contribution in [0, 0.1) is 0 Å². The Hall–Kier alpha value is -3.20. The number of nitrogens with zero attached hydrogens (tertiary/aromatic N) is 3. The Morgan fingerprint density at radius 1 is 1.03 bits per heavy atom. The van der Waals surface area contributed by atoms with Crippen molar-refractivity contribution in [3.8, 4) is 11.1 Å². The molecule has 31 heavy (non-hydrogen) atoms. The molecule has 0 atom stereocenters. The first-order valence-electron chi connectivity index (χ1n) is 10.5. The molecule has 2 aliphatic rings. The van der Waals surface area contributed by atoms with Crippen LogP contribution in [0.5, 0.6) is 0 Å². The van der Waals surface area contributed by atoms with Crippen molar-refractivity contribution in [1.29, 1.82) is 0 Å². The Bertz CT molecular complexity index is 1230. The molecule has 1 aromatic carbocycles. The number of rotatable bonds is 5. The predicted molar refractivity (Wildman–Crippen MR) is 116 cm³/mol. The molecule has 8 nitrogen and oxygen atoms in total. The molecule has 0 unspecified atom stereocenters. The van der Waals surface area contributed by atoms with Gasteiger partial charge in [0.05, 0.1) is 11.7 Å². The van der Waals surface area contributed by atoms with Crippen molar-refractivity contribution in [3.63, 3.8) is 0 Å². The normalized spacial score (nSPS) is 15.9. The van der Waals surface area contributed by atoms with Crippen molar-refractivity contribution in [2.24, 2.45) is 0 Å². The van der Waals surface area contributed by atoms with Crippen LogP contribution in [-0.4, -0.2) is 29.2 Å². The van der Waals surface area contributed by atoms with Gasteiger partial charge >= 0.3 is 6.03 Å². The van der Waals surface area contributed by atoms with Crippen LogP contribution in [0.2, 0.25) is 0 Å². The van der Waals surface area contributed by atoms with Crippen LogP contribution in [0.25, 0.3) is 11.1 Å².